The number of esters is 1. The van der Waals surface area contributed by atoms with Gasteiger partial charge in [-0.05, 0) is 13.0 Å². The summed E-state index contributed by atoms with van der Waals surface area (Å²) in [6.07, 6.45) is 1.28. The molecule has 0 saturated carbocycles. The van der Waals surface area contributed by atoms with Crippen LogP contribution < -0.4 is 0 Å². The molecule has 7 nitrogen and oxygen atoms in total. The number of ether oxygens (including phenoxy) is 2. The number of rotatable bonds is 8. The van der Waals surface area contributed by atoms with Gasteiger partial charge < -0.3 is 19.1 Å². The molecule has 1 N–H and O–H groups in total. The van der Waals surface area contributed by atoms with Crippen LogP contribution in [0.2, 0.25) is 25.7 Å². The summed E-state index contributed by atoms with van der Waals surface area (Å²) in [6.45, 7) is 9.23. The van der Waals surface area contributed by atoms with E-state index in [-0.39, 0.29) is 24.9 Å². The lowest BCUT2D eigenvalue weighted by Gasteiger charge is -2.15. The van der Waals surface area contributed by atoms with Crippen molar-refractivity contribution in [3.05, 3.63) is 17.7 Å². The number of aromatic carboxylic acids is 1. The summed E-state index contributed by atoms with van der Waals surface area (Å²) in [6, 6.07) is 0.988. The zero-order valence-corrected chi connectivity index (χ0v) is 13.9. The van der Waals surface area contributed by atoms with Crippen LogP contribution in [0.15, 0.2) is 6.20 Å². The van der Waals surface area contributed by atoms with Crippen LogP contribution in [0.3, 0.4) is 0 Å². The van der Waals surface area contributed by atoms with E-state index in [1.165, 1.54) is 10.8 Å². The number of carboxylic acid groups (broad SMARTS) is 1. The first-order valence-corrected chi connectivity index (χ1v) is 10.5. The van der Waals surface area contributed by atoms with Gasteiger partial charge in [0.05, 0.1) is 6.61 Å². The van der Waals surface area contributed by atoms with Gasteiger partial charge in [-0.25, -0.2) is 14.6 Å². The van der Waals surface area contributed by atoms with Gasteiger partial charge in [0.15, 0.2) is 5.69 Å². The smallest absolute Gasteiger partial charge is 0.374 e. The van der Waals surface area contributed by atoms with E-state index in [1.807, 2.05) is 0 Å². The predicted octanol–water partition coefficient (Wildman–Crippen LogP) is 2.07. The summed E-state index contributed by atoms with van der Waals surface area (Å²) in [5.41, 5.74) is -0.202. The van der Waals surface area contributed by atoms with Crippen LogP contribution in [0, 0.1) is 0 Å². The molecule has 0 aromatic carbocycles. The first-order valence-electron chi connectivity index (χ1n) is 6.80. The maximum Gasteiger partial charge on any atom is 0.374 e. The van der Waals surface area contributed by atoms with Gasteiger partial charge in [-0.15, -0.1) is 0 Å². The van der Waals surface area contributed by atoms with Gasteiger partial charge in [0.2, 0.25) is 5.82 Å². The maximum atomic E-state index is 11.7. The topological polar surface area (TPSA) is 90.6 Å². The summed E-state index contributed by atoms with van der Waals surface area (Å²) in [4.78, 5) is 26.5. The van der Waals surface area contributed by atoms with Gasteiger partial charge in [0.1, 0.15) is 6.73 Å². The average molecular weight is 314 g/mol. The van der Waals surface area contributed by atoms with Crippen LogP contribution in [0.1, 0.15) is 28.0 Å². The summed E-state index contributed by atoms with van der Waals surface area (Å²) in [5.74, 6) is -1.90. The molecule has 21 heavy (non-hydrogen) atoms. The van der Waals surface area contributed by atoms with Gasteiger partial charge in [-0.1, -0.05) is 19.6 Å². The summed E-state index contributed by atoms with van der Waals surface area (Å²) in [7, 11) is -1.19. The largest absolute Gasteiger partial charge is 0.476 e. The van der Waals surface area contributed by atoms with Gasteiger partial charge >= 0.3 is 11.9 Å². The van der Waals surface area contributed by atoms with Crippen LogP contribution in [-0.4, -0.2) is 47.9 Å². The average Bonchev–Trinajstić information content (AvgIpc) is 2.78. The normalized spacial score (nSPS) is 11.4. The number of carbonyl (C=O) groups is 2. The Bertz CT molecular complexity index is 507. The number of hydrogen-bond acceptors (Lipinski definition) is 5. The molecule has 0 saturated heterocycles. The van der Waals surface area contributed by atoms with Gasteiger partial charge in [-0.2, -0.15) is 0 Å². The molecule has 0 radical (unpaired) electrons. The van der Waals surface area contributed by atoms with E-state index in [9.17, 15) is 9.59 Å². The summed E-state index contributed by atoms with van der Waals surface area (Å²) >= 11 is 0. The molecule has 0 amide bonds. The number of imidazole rings is 1. The Hall–Kier alpha value is -1.67. The first-order chi connectivity index (χ1) is 9.74. The Morgan fingerprint density at radius 2 is 2.05 bits per heavy atom. The third-order valence-corrected chi connectivity index (χ3v) is 4.38. The second-order valence-electron chi connectivity index (χ2n) is 5.79. The molecule has 0 unspecified atom stereocenters. The molecule has 0 aliphatic carbocycles. The minimum absolute atomic E-state index is 0.0535. The molecule has 1 aromatic heterocycles. The quantitative estimate of drug-likeness (QED) is 0.449. The van der Waals surface area contributed by atoms with Crippen LogP contribution in [0.5, 0.6) is 0 Å². The highest BCUT2D eigenvalue weighted by Crippen LogP contribution is 2.10. The second-order valence-corrected chi connectivity index (χ2v) is 11.4. The standard InChI is InChI=1S/C13H22N2O5Si/c1-5-20-13(18)11-14-10(12(16)17)8-15(11)9-19-6-7-21(2,3)4/h8H,5-7,9H2,1-4H3,(H,16,17). The molecule has 1 heterocycles. The van der Waals surface area contributed by atoms with Crippen molar-refractivity contribution in [3.63, 3.8) is 0 Å². The van der Waals surface area contributed by atoms with E-state index in [0.717, 1.165) is 6.04 Å². The number of carboxylic acids is 1. The third-order valence-electron chi connectivity index (χ3n) is 2.68. The lowest BCUT2D eigenvalue weighted by molar-refractivity contribution is 0.0464. The third kappa shape index (κ3) is 5.68. The number of aromatic nitrogens is 2. The summed E-state index contributed by atoms with van der Waals surface area (Å²) < 4.78 is 11.7. The van der Waals surface area contributed by atoms with E-state index in [0.29, 0.717) is 6.61 Å². The molecule has 0 atom stereocenters. The Morgan fingerprint density at radius 1 is 1.38 bits per heavy atom. The van der Waals surface area contributed by atoms with E-state index in [2.05, 4.69) is 24.6 Å². The van der Waals surface area contributed by atoms with Crippen molar-refractivity contribution >= 4 is 20.0 Å². The highest BCUT2D eigenvalue weighted by molar-refractivity contribution is 6.76. The van der Waals surface area contributed by atoms with Gasteiger partial charge in [0.25, 0.3) is 0 Å². The second kappa shape index (κ2) is 7.37. The molecule has 8 heteroatoms. The molecule has 1 aromatic rings. The monoisotopic (exact) mass is 314 g/mol. The zero-order valence-electron chi connectivity index (χ0n) is 12.9. The Morgan fingerprint density at radius 3 is 2.57 bits per heavy atom. The molecule has 1 rings (SSSR count). The van der Waals surface area contributed by atoms with Crippen molar-refractivity contribution in [1.82, 2.24) is 9.55 Å². The molecular weight excluding hydrogens is 292 g/mol. The number of carbonyl (C=O) groups excluding carboxylic acids is 1. The SMILES string of the molecule is CCOC(=O)c1nc(C(=O)O)cn1COCC[Si](C)(C)C. The first kappa shape index (κ1) is 17.4. The Labute approximate surface area is 124 Å². The van der Waals surface area contributed by atoms with Crippen LogP contribution in [-0.2, 0) is 16.2 Å². The lowest BCUT2D eigenvalue weighted by Crippen LogP contribution is -2.22. The fourth-order valence-corrected chi connectivity index (χ4v) is 2.27. The highest BCUT2D eigenvalue weighted by atomic mass is 28.3. The molecule has 0 bridgehead atoms. The summed E-state index contributed by atoms with van der Waals surface area (Å²) in [5, 5.41) is 8.95. The zero-order chi connectivity index (χ0) is 16.0. The van der Waals surface area contributed by atoms with E-state index in [4.69, 9.17) is 14.6 Å². The van der Waals surface area contributed by atoms with Crippen molar-refractivity contribution < 1.29 is 24.2 Å². The number of hydrogen-bond donors (Lipinski definition) is 1. The molecule has 0 fully saturated rings. The van der Waals surface area contributed by atoms with Crippen molar-refractivity contribution in [2.45, 2.75) is 39.3 Å². The molecular formula is C13H22N2O5Si. The van der Waals surface area contributed by atoms with Crippen molar-refractivity contribution in [1.29, 1.82) is 0 Å². The minimum atomic E-state index is -1.19. The highest BCUT2D eigenvalue weighted by Gasteiger charge is 2.20. The van der Waals surface area contributed by atoms with Crippen molar-refractivity contribution in [2.75, 3.05) is 13.2 Å². The van der Waals surface area contributed by atoms with Crippen LogP contribution in [0.25, 0.3) is 0 Å². The number of nitrogens with zero attached hydrogens (tertiary/aromatic N) is 2. The minimum Gasteiger partial charge on any atom is -0.476 e. The molecule has 0 spiro atoms. The van der Waals surface area contributed by atoms with Crippen molar-refractivity contribution in [3.8, 4) is 0 Å². The molecule has 118 valence electrons. The fourth-order valence-electron chi connectivity index (χ4n) is 1.52. The van der Waals surface area contributed by atoms with Gasteiger partial charge in [0, 0.05) is 20.9 Å². The predicted molar refractivity (Wildman–Crippen MR) is 79.2 cm³/mol. The molecule has 0 aliphatic heterocycles. The maximum absolute atomic E-state index is 11.7. The van der Waals surface area contributed by atoms with E-state index >= 15 is 0 Å². The van der Waals surface area contributed by atoms with Crippen LogP contribution in [0.4, 0.5) is 0 Å². The van der Waals surface area contributed by atoms with E-state index in [1.54, 1.807) is 6.92 Å². The fraction of sp³-hybridized carbons (Fsp3) is 0.615. The van der Waals surface area contributed by atoms with E-state index < -0.39 is 20.0 Å². The Kier molecular flexibility index (Phi) is 6.10. The van der Waals surface area contributed by atoms with Gasteiger partial charge in [-0.3, -0.25) is 0 Å². The Balaban J connectivity index is 2.74. The van der Waals surface area contributed by atoms with Crippen LogP contribution >= 0.6 is 0 Å². The lowest BCUT2D eigenvalue weighted by atomic mass is 10.5. The van der Waals surface area contributed by atoms with Crippen molar-refractivity contribution in [2.24, 2.45) is 0 Å². The molecule has 0 aliphatic rings.